The number of hydrogen-bond acceptors (Lipinski definition) is 4. The van der Waals surface area contributed by atoms with Crippen LogP contribution in [-0.2, 0) is 16.1 Å². The van der Waals surface area contributed by atoms with E-state index >= 15 is 0 Å². The van der Waals surface area contributed by atoms with Gasteiger partial charge in [-0.3, -0.25) is 14.3 Å². The summed E-state index contributed by atoms with van der Waals surface area (Å²) < 4.78 is 7.43. The molecule has 2 amide bonds. The lowest BCUT2D eigenvalue weighted by atomic mass is 10.0. The minimum Gasteiger partial charge on any atom is -0.466 e. The lowest BCUT2D eigenvalue weighted by Gasteiger charge is -2.33. The highest BCUT2D eigenvalue weighted by Gasteiger charge is 2.47. The number of hydrogen-bond donors (Lipinski definition) is 2. The summed E-state index contributed by atoms with van der Waals surface area (Å²) in [6, 6.07) is 4.82. The molecule has 1 atom stereocenters. The minimum absolute atomic E-state index is 0.387. The average molecular weight is 349 g/mol. The Bertz CT molecular complexity index is 833. The Labute approximate surface area is 143 Å². The first-order valence-electron chi connectivity index (χ1n) is 7.49. The molecule has 2 N–H and O–H groups in total. The number of fused-ring (bicyclic) bond motifs is 1. The Balaban J connectivity index is 1.87. The van der Waals surface area contributed by atoms with Crippen LogP contribution < -0.4 is 15.4 Å². The molecule has 24 heavy (non-hydrogen) atoms. The number of halogens is 1. The van der Waals surface area contributed by atoms with Gasteiger partial charge in [-0.1, -0.05) is 11.6 Å². The van der Waals surface area contributed by atoms with Crippen molar-refractivity contribution in [3.63, 3.8) is 0 Å². The van der Waals surface area contributed by atoms with Crippen molar-refractivity contribution < 1.29 is 14.3 Å². The number of aryl methyl sites for hydroxylation is 1. The van der Waals surface area contributed by atoms with Crippen molar-refractivity contribution in [2.45, 2.75) is 32.9 Å². The van der Waals surface area contributed by atoms with Crippen molar-refractivity contribution in [2.24, 2.45) is 0 Å². The molecule has 0 radical (unpaired) electrons. The maximum absolute atomic E-state index is 12.7. The van der Waals surface area contributed by atoms with Crippen molar-refractivity contribution in [1.82, 2.24) is 9.78 Å². The molecule has 0 aliphatic carbocycles. The molecule has 0 saturated carbocycles. The van der Waals surface area contributed by atoms with Crippen LogP contribution in [0.4, 0.5) is 11.4 Å². The number of aromatic nitrogens is 2. The van der Waals surface area contributed by atoms with Gasteiger partial charge in [0, 0.05) is 11.6 Å². The molecule has 1 aliphatic heterocycles. The number of benzene rings is 1. The predicted molar refractivity (Wildman–Crippen MR) is 90.4 cm³/mol. The molecule has 1 aromatic carbocycles. The van der Waals surface area contributed by atoms with E-state index in [9.17, 15) is 9.59 Å². The maximum Gasteiger partial charge on any atom is 0.278 e. The second-order valence-electron chi connectivity index (χ2n) is 5.64. The predicted octanol–water partition coefficient (Wildman–Crippen LogP) is 2.59. The van der Waals surface area contributed by atoms with E-state index in [1.807, 2.05) is 13.8 Å². The van der Waals surface area contributed by atoms with E-state index in [4.69, 9.17) is 16.3 Å². The van der Waals surface area contributed by atoms with Crippen molar-refractivity contribution in [1.29, 1.82) is 0 Å². The molecule has 126 valence electrons. The van der Waals surface area contributed by atoms with Gasteiger partial charge in [-0.15, -0.1) is 0 Å². The van der Waals surface area contributed by atoms with Crippen LogP contribution in [0.25, 0.3) is 0 Å². The zero-order valence-corrected chi connectivity index (χ0v) is 14.3. The highest BCUT2D eigenvalue weighted by molar-refractivity contribution is 6.31. The summed E-state index contributed by atoms with van der Waals surface area (Å²) in [6.45, 7) is 5.90. The summed E-state index contributed by atoms with van der Waals surface area (Å²) in [5.74, 6) is -0.743. The van der Waals surface area contributed by atoms with Gasteiger partial charge in [0.2, 0.25) is 0 Å². The van der Waals surface area contributed by atoms with Crippen molar-refractivity contribution >= 4 is 34.8 Å². The molecular weight excluding hydrogens is 332 g/mol. The molecular formula is C16H17ClN4O3. The second-order valence-corrected chi connectivity index (χ2v) is 6.08. The molecule has 0 saturated heterocycles. The molecule has 2 heterocycles. The first-order chi connectivity index (χ1) is 11.3. The van der Waals surface area contributed by atoms with E-state index in [1.54, 1.807) is 29.1 Å². The van der Waals surface area contributed by atoms with Gasteiger partial charge in [0.1, 0.15) is 5.75 Å². The normalized spacial score (nSPS) is 19.2. The van der Waals surface area contributed by atoms with Crippen molar-refractivity contribution in [2.75, 3.05) is 10.6 Å². The number of carbonyl (C=O) groups excluding carboxylic acids is 2. The van der Waals surface area contributed by atoms with Crippen LogP contribution in [0.15, 0.2) is 24.4 Å². The van der Waals surface area contributed by atoms with Crippen LogP contribution in [-0.4, -0.2) is 27.2 Å². The fourth-order valence-electron chi connectivity index (χ4n) is 2.48. The molecule has 7 nitrogen and oxygen atoms in total. The Morgan fingerprint density at radius 1 is 1.50 bits per heavy atom. The van der Waals surface area contributed by atoms with Crippen LogP contribution in [0, 0.1) is 6.92 Å². The van der Waals surface area contributed by atoms with Gasteiger partial charge in [-0.2, -0.15) is 5.10 Å². The molecule has 1 unspecified atom stereocenters. The van der Waals surface area contributed by atoms with Gasteiger partial charge >= 0.3 is 0 Å². The summed E-state index contributed by atoms with van der Waals surface area (Å²) in [7, 11) is 0. The first kappa shape index (κ1) is 16.3. The van der Waals surface area contributed by atoms with Gasteiger partial charge < -0.3 is 15.4 Å². The van der Waals surface area contributed by atoms with E-state index < -0.39 is 17.4 Å². The lowest BCUT2D eigenvalue weighted by Crippen LogP contribution is -2.56. The van der Waals surface area contributed by atoms with Gasteiger partial charge in [-0.25, -0.2) is 0 Å². The Morgan fingerprint density at radius 3 is 2.92 bits per heavy atom. The number of anilines is 2. The summed E-state index contributed by atoms with van der Waals surface area (Å²) in [5, 5.41) is 10.0. The van der Waals surface area contributed by atoms with Crippen LogP contribution in [0.5, 0.6) is 5.75 Å². The Kier molecular flexibility index (Phi) is 3.96. The molecule has 1 aromatic heterocycles. The number of nitrogens with one attached hydrogen (secondary N) is 2. The minimum atomic E-state index is -1.69. The van der Waals surface area contributed by atoms with E-state index in [0.29, 0.717) is 28.7 Å². The molecule has 8 heteroatoms. The smallest absolute Gasteiger partial charge is 0.278 e. The average Bonchev–Trinajstić information content (AvgIpc) is 2.89. The molecule has 0 spiro atoms. The molecule has 0 bridgehead atoms. The summed E-state index contributed by atoms with van der Waals surface area (Å²) in [4.78, 5) is 25.1. The standard InChI is InChI=1S/C16H17ClN4O3/c1-4-21-9(2)12(8-18-21)20-15(23)16(3)14(22)19-11-7-10(17)5-6-13(11)24-16/h5-8H,4H2,1-3H3,(H,19,22)(H,20,23). The van der Waals surface area contributed by atoms with E-state index in [1.165, 1.54) is 6.92 Å². The highest BCUT2D eigenvalue weighted by Crippen LogP contribution is 2.36. The van der Waals surface area contributed by atoms with Crippen LogP contribution in [0.3, 0.4) is 0 Å². The number of amides is 2. The zero-order valence-electron chi connectivity index (χ0n) is 13.5. The monoisotopic (exact) mass is 348 g/mol. The fourth-order valence-corrected chi connectivity index (χ4v) is 2.65. The third-order valence-corrected chi connectivity index (χ3v) is 4.26. The third kappa shape index (κ3) is 2.60. The molecule has 3 rings (SSSR count). The number of ether oxygens (including phenoxy) is 1. The van der Waals surface area contributed by atoms with Crippen molar-refractivity contribution in [3.05, 3.63) is 35.1 Å². The van der Waals surface area contributed by atoms with Crippen LogP contribution in [0.1, 0.15) is 19.5 Å². The quantitative estimate of drug-likeness (QED) is 0.835. The fraction of sp³-hybridized carbons (Fsp3) is 0.312. The highest BCUT2D eigenvalue weighted by atomic mass is 35.5. The van der Waals surface area contributed by atoms with Crippen molar-refractivity contribution in [3.8, 4) is 5.75 Å². The second kappa shape index (κ2) is 5.83. The zero-order chi connectivity index (χ0) is 17.5. The number of rotatable bonds is 3. The molecule has 0 fully saturated rings. The van der Waals surface area contributed by atoms with Gasteiger partial charge in [0.05, 0.1) is 23.3 Å². The van der Waals surface area contributed by atoms with E-state index in [0.717, 1.165) is 5.69 Å². The number of nitrogens with zero attached hydrogens (tertiary/aromatic N) is 2. The summed E-state index contributed by atoms with van der Waals surface area (Å²) >= 11 is 5.90. The van der Waals surface area contributed by atoms with Crippen LogP contribution >= 0.6 is 11.6 Å². The topological polar surface area (TPSA) is 85.2 Å². The van der Waals surface area contributed by atoms with Gasteiger partial charge in [-0.05, 0) is 39.0 Å². The van der Waals surface area contributed by atoms with E-state index in [-0.39, 0.29) is 0 Å². The SMILES string of the molecule is CCn1ncc(NC(=O)C2(C)Oc3ccc(Cl)cc3NC2=O)c1C. The Hall–Kier alpha value is -2.54. The van der Waals surface area contributed by atoms with E-state index in [2.05, 4.69) is 15.7 Å². The largest absolute Gasteiger partial charge is 0.466 e. The van der Waals surface area contributed by atoms with Gasteiger partial charge in [0.25, 0.3) is 17.4 Å². The third-order valence-electron chi connectivity index (χ3n) is 4.02. The van der Waals surface area contributed by atoms with Gasteiger partial charge in [0.15, 0.2) is 0 Å². The first-order valence-corrected chi connectivity index (χ1v) is 7.87. The molecule has 1 aliphatic rings. The Morgan fingerprint density at radius 2 is 2.25 bits per heavy atom. The molecule has 2 aromatic rings. The lowest BCUT2D eigenvalue weighted by molar-refractivity contribution is -0.143. The van der Waals surface area contributed by atoms with Crippen LogP contribution in [0.2, 0.25) is 5.02 Å². The summed E-state index contributed by atoms with van der Waals surface area (Å²) in [6.07, 6.45) is 1.55. The number of carbonyl (C=O) groups is 2. The maximum atomic E-state index is 12.7. The summed E-state index contributed by atoms with van der Waals surface area (Å²) in [5.41, 5.74) is 0.0914.